The number of likely N-dealkylation sites (N-methyl/N-ethyl adjacent to an activating group) is 1. The van der Waals surface area contributed by atoms with Gasteiger partial charge in [0.25, 0.3) is 0 Å². The maximum absolute atomic E-state index is 13.5. The van der Waals surface area contributed by atoms with Crippen molar-refractivity contribution in [1.82, 2.24) is 10.6 Å². The van der Waals surface area contributed by atoms with Crippen molar-refractivity contribution >= 4 is 22.8 Å². The van der Waals surface area contributed by atoms with Crippen LogP contribution in [0.3, 0.4) is 0 Å². The number of nitrogens with one attached hydrogen (secondary N) is 2. The Morgan fingerprint density at radius 1 is 1.14 bits per heavy atom. The standard InChI is InChI=1S/C20H18F2N2O4/c1-23-20(26)19(11-3-6-15(21)16(22)7-11)24-18(25)8-12-10-28-17-9-13(27-2)4-5-14(12)17/h3-7,9-10,19H,8H2,1-2H3,(H,23,26)(H,24,25). The Bertz CT molecular complexity index is 1030. The van der Waals surface area contributed by atoms with E-state index >= 15 is 0 Å². The molecule has 2 N–H and O–H groups in total. The van der Waals surface area contributed by atoms with E-state index in [1.165, 1.54) is 26.5 Å². The lowest BCUT2D eigenvalue weighted by Crippen LogP contribution is -2.39. The van der Waals surface area contributed by atoms with Gasteiger partial charge in [0.15, 0.2) is 11.6 Å². The van der Waals surface area contributed by atoms with Crippen LogP contribution in [0.25, 0.3) is 11.0 Å². The number of furan rings is 1. The number of hydrogen-bond acceptors (Lipinski definition) is 4. The molecule has 1 aromatic heterocycles. The molecule has 6 nitrogen and oxygen atoms in total. The van der Waals surface area contributed by atoms with Crippen molar-refractivity contribution in [3.8, 4) is 5.75 Å². The summed E-state index contributed by atoms with van der Waals surface area (Å²) < 4.78 is 37.3. The summed E-state index contributed by atoms with van der Waals surface area (Å²) in [4.78, 5) is 24.7. The molecule has 8 heteroatoms. The Hall–Kier alpha value is -3.42. The summed E-state index contributed by atoms with van der Waals surface area (Å²) >= 11 is 0. The highest BCUT2D eigenvalue weighted by Gasteiger charge is 2.23. The number of carbonyl (C=O) groups is 2. The molecule has 146 valence electrons. The van der Waals surface area contributed by atoms with Crippen molar-refractivity contribution < 1.29 is 27.5 Å². The van der Waals surface area contributed by atoms with Crippen LogP contribution in [0.15, 0.2) is 47.1 Å². The first-order valence-electron chi connectivity index (χ1n) is 8.43. The van der Waals surface area contributed by atoms with E-state index in [4.69, 9.17) is 9.15 Å². The first-order chi connectivity index (χ1) is 13.4. The molecule has 2 aromatic carbocycles. The highest BCUT2D eigenvalue weighted by Crippen LogP contribution is 2.26. The molecule has 0 bridgehead atoms. The lowest BCUT2D eigenvalue weighted by Gasteiger charge is -2.18. The molecule has 0 radical (unpaired) electrons. The molecule has 2 amide bonds. The molecule has 0 fully saturated rings. The van der Waals surface area contributed by atoms with Crippen LogP contribution >= 0.6 is 0 Å². The zero-order valence-corrected chi connectivity index (χ0v) is 15.2. The Balaban J connectivity index is 1.80. The molecule has 28 heavy (non-hydrogen) atoms. The summed E-state index contributed by atoms with van der Waals surface area (Å²) in [6, 6.07) is 7.09. The molecule has 1 atom stereocenters. The smallest absolute Gasteiger partial charge is 0.246 e. The van der Waals surface area contributed by atoms with E-state index in [0.29, 0.717) is 16.9 Å². The molecule has 0 spiro atoms. The van der Waals surface area contributed by atoms with Gasteiger partial charge in [-0.15, -0.1) is 0 Å². The van der Waals surface area contributed by atoms with E-state index in [-0.39, 0.29) is 12.0 Å². The SMILES string of the molecule is CNC(=O)C(NC(=O)Cc1coc2cc(OC)ccc12)c1ccc(F)c(F)c1. The number of rotatable bonds is 6. The van der Waals surface area contributed by atoms with Gasteiger partial charge in [-0.05, 0) is 29.8 Å². The van der Waals surface area contributed by atoms with Gasteiger partial charge in [0.1, 0.15) is 17.4 Å². The van der Waals surface area contributed by atoms with Crippen LogP contribution in [-0.2, 0) is 16.0 Å². The molecular formula is C20H18F2N2O4. The molecule has 1 heterocycles. The van der Waals surface area contributed by atoms with Crippen LogP contribution < -0.4 is 15.4 Å². The Labute approximate surface area is 159 Å². The first kappa shape index (κ1) is 19.3. The molecule has 3 rings (SSSR count). The zero-order chi connectivity index (χ0) is 20.3. The van der Waals surface area contributed by atoms with E-state index in [2.05, 4.69) is 10.6 Å². The van der Waals surface area contributed by atoms with Gasteiger partial charge in [-0.2, -0.15) is 0 Å². The van der Waals surface area contributed by atoms with Crippen molar-refractivity contribution in [3.63, 3.8) is 0 Å². The molecule has 3 aromatic rings. The molecule has 0 aliphatic carbocycles. The maximum Gasteiger partial charge on any atom is 0.246 e. The number of ether oxygens (including phenoxy) is 1. The summed E-state index contributed by atoms with van der Waals surface area (Å²) in [5.74, 6) is -2.55. The van der Waals surface area contributed by atoms with Crippen molar-refractivity contribution in [2.24, 2.45) is 0 Å². The van der Waals surface area contributed by atoms with Crippen molar-refractivity contribution in [3.05, 3.63) is 65.4 Å². The highest BCUT2D eigenvalue weighted by atomic mass is 19.2. The van der Waals surface area contributed by atoms with E-state index < -0.39 is 29.5 Å². The number of halogens is 2. The average molecular weight is 388 g/mol. The number of benzene rings is 2. The second-order valence-electron chi connectivity index (χ2n) is 6.09. The number of hydrogen-bond donors (Lipinski definition) is 2. The summed E-state index contributed by atoms with van der Waals surface area (Å²) in [6.45, 7) is 0. The summed E-state index contributed by atoms with van der Waals surface area (Å²) in [5, 5.41) is 5.69. The lowest BCUT2D eigenvalue weighted by molar-refractivity contribution is -0.128. The predicted molar refractivity (Wildman–Crippen MR) is 97.8 cm³/mol. The van der Waals surface area contributed by atoms with Gasteiger partial charge in [-0.25, -0.2) is 8.78 Å². The third-order valence-corrected chi connectivity index (χ3v) is 4.30. The van der Waals surface area contributed by atoms with Crippen LogP contribution in [0.1, 0.15) is 17.2 Å². The second-order valence-corrected chi connectivity index (χ2v) is 6.09. The third-order valence-electron chi connectivity index (χ3n) is 4.30. The van der Waals surface area contributed by atoms with Crippen LogP contribution in [0.2, 0.25) is 0 Å². The fraction of sp³-hybridized carbons (Fsp3) is 0.200. The Kier molecular flexibility index (Phi) is 5.58. The summed E-state index contributed by atoms with van der Waals surface area (Å²) in [7, 11) is 2.92. The number of carbonyl (C=O) groups excluding carboxylic acids is 2. The van der Waals surface area contributed by atoms with Crippen LogP contribution in [0.4, 0.5) is 8.78 Å². The predicted octanol–water partition coefficient (Wildman–Crippen LogP) is 2.87. The number of methoxy groups -OCH3 is 1. The minimum atomic E-state index is -1.16. The van der Waals surface area contributed by atoms with E-state index in [1.807, 2.05) is 0 Å². The van der Waals surface area contributed by atoms with E-state index in [1.54, 1.807) is 18.2 Å². The Morgan fingerprint density at radius 3 is 2.61 bits per heavy atom. The quantitative estimate of drug-likeness (QED) is 0.681. The van der Waals surface area contributed by atoms with Gasteiger partial charge in [0, 0.05) is 24.1 Å². The van der Waals surface area contributed by atoms with E-state index in [0.717, 1.165) is 17.5 Å². The van der Waals surface area contributed by atoms with Crippen LogP contribution in [0.5, 0.6) is 5.75 Å². The van der Waals surface area contributed by atoms with Gasteiger partial charge < -0.3 is 19.8 Å². The topological polar surface area (TPSA) is 80.6 Å². The molecule has 0 saturated carbocycles. The summed E-state index contributed by atoms with van der Waals surface area (Å²) in [6.07, 6.45) is 1.40. The number of fused-ring (bicyclic) bond motifs is 1. The monoisotopic (exact) mass is 388 g/mol. The van der Waals surface area contributed by atoms with E-state index in [9.17, 15) is 18.4 Å². The molecule has 0 aliphatic rings. The van der Waals surface area contributed by atoms with Gasteiger partial charge in [0.05, 0.1) is 19.8 Å². The molecule has 0 aliphatic heterocycles. The van der Waals surface area contributed by atoms with Crippen molar-refractivity contribution in [2.75, 3.05) is 14.2 Å². The maximum atomic E-state index is 13.5. The Morgan fingerprint density at radius 2 is 1.93 bits per heavy atom. The molecule has 0 saturated heterocycles. The first-order valence-corrected chi connectivity index (χ1v) is 8.43. The average Bonchev–Trinajstić information content (AvgIpc) is 3.09. The second kappa shape index (κ2) is 8.08. The van der Waals surface area contributed by atoms with Gasteiger partial charge in [0.2, 0.25) is 11.8 Å². The minimum absolute atomic E-state index is 0.0590. The third kappa shape index (κ3) is 3.95. The number of amides is 2. The van der Waals surface area contributed by atoms with Crippen molar-refractivity contribution in [2.45, 2.75) is 12.5 Å². The minimum Gasteiger partial charge on any atom is -0.497 e. The fourth-order valence-corrected chi connectivity index (χ4v) is 2.85. The normalized spacial score (nSPS) is 11.9. The lowest BCUT2D eigenvalue weighted by atomic mass is 10.0. The van der Waals surface area contributed by atoms with Gasteiger partial charge in [-0.1, -0.05) is 6.07 Å². The van der Waals surface area contributed by atoms with Gasteiger partial charge in [-0.3, -0.25) is 9.59 Å². The molecular weight excluding hydrogens is 370 g/mol. The van der Waals surface area contributed by atoms with Crippen molar-refractivity contribution in [1.29, 1.82) is 0 Å². The van der Waals surface area contributed by atoms with Gasteiger partial charge >= 0.3 is 0 Å². The highest BCUT2D eigenvalue weighted by molar-refractivity contribution is 5.92. The fourth-order valence-electron chi connectivity index (χ4n) is 2.85. The van der Waals surface area contributed by atoms with Crippen LogP contribution in [-0.4, -0.2) is 26.0 Å². The molecule has 1 unspecified atom stereocenters. The van der Waals surface area contributed by atoms with Crippen LogP contribution in [0, 0.1) is 11.6 Å². The summed E-state index contributed by atoms with van der Waals surface area (Å²) in [5.41, 5.74) is 1.31. The largest absolute Gasteiger partial charge is 0.497 e. The zero-order valence-electron chi connectivity index (χ0n) is 15.2.